The summed E-state index contributed by atoms with van der Waals surface area (Å²) >= 11 is 0. The van der Waals surface area contributed by atoms with Gasteiger partial charge in [-0.05, 0) is 62.2 Å². The average molecular weight is 415 g/mol. The number of hydrogen-bond donors (Lipinski definition) is 2. The molecule has 0 bridgehead atoms. The molecule has 3 N–H and O–H groups in total. The molecular formula is C24H25N5O2. The molecule has 7 heteroatoms. The van der Waals surface area contributed by atoms with Crippen molar-refractivity contribution in [3.8, 4) is 11.3 Å². The zero-order valence-electron chi connectivity index (χ0n) is 17.8. The molecule has 4 rings (SSSR count). The Morgan fingerprint density at radius 1 is 1.06 bits per heavy atom. The molecule has 0 radical (unpaired) electrons. The molecule has 0 saturated heterocycles. The second-order valence-electron chi connectivity index (χ2n) is 7.91. The predicted octanol–water partition coefficient (Wildman–Crippen LogP) is 4.23. The molecule has 1 aliphatic heterocycles. The quantitative estimate of drug-likeness (QED) is 0.619. The summed E-state index contributed by atoms with van der Waals surface area (Å²) in [5, 5.41) is 3.49. The lowest BCUT2D eigenvalue weighted by Crippen LogP contribution is -2.43. The third kappa shape index (κ3) is 4.12. The van der Waals surface area contributed by atoms with Gasteiger partial charge in [-0.15, -0.1) is 0 Å². The summed E-state index contributed by atoms with van der Waals surface area (Å²) in [6, 6.07) is 13.3. The molecule has 0 unspecified atom stereocenters. The number of aromatic nitrogens is 2. The van der Waals surface area contributed by atoms with Gasteiger partial charge < -0.3 is 16.0 Å². The van der Waals surface area contributed by atoms with E-state index in [1.807, 2.05) is 36.1 Å². The minimum absolute atomic E-state index is 0.00879. The van der Waals surface area contributed by atoms with Crippen molar-refractivity contribution in [2.24, 2.45) is 0 Å². The number of amides is 1. The zero-order valence-corrected chi connectivity index (χ0v) is 17.8. The number of hydrogen-bond acceptors (Lipinski definition) is 6. The fraction of sp³-hybridized carbons (Fsp3) is 0.250. The van der Waals surface area contributed by atoms with E-state index in [1.165, 1.54) is 6.92 Å². The van der Waals surface area contributed by atoms with E-state index in [2.05, 4.69) is 21.4 Å². The normalized spacial score (nSPS) is 17.7. The second-order valence-corrected chi connectivity index (χ2v) is 7.91. The van der Waals surface area contributed by atoms with E-state index in [1.54, 1.807) is 31.5 Å². The number of carbonyl (C=O) groups is 2. The van der Waals surface area contributed by atoms with Crippen LogP contribution in [-0.2, 0) is 4.79 Å². The molecule has 7 nitrogen and oxygen atoms in total. The highest BCUT2D eigenvalue weighted by Gasteiger charge is 2.32. The minimum Gasteiger partial charge on any atom is -0.397 e. The van der Waals surface area contributed by atoms with Crippen LogP contribution in [0.5, 0.6) is 0 Å². The molecule has 1 aliphatic rings. The van der Waals surface area contributed by atoms with Gasteiger partial charge in [-0.2, -0.15) is 0 Å². The van der Waals surface area contributed by atoms with Gasteiger partial charge in [0, 0.05) is 36.0 Å². The number of pyridine rings is 2. The van der Waals surface area contributed by atoms with E-state index in [9.17, 15) is 9.59 Å². The molecule has 2 atom stereocenters. The largest absolute Gasteiger partial charge is 0.397 e. The predicted molar refractivity (Wildman–Crippen MR) is 122 cm³/mol. The number of carbonyl (C=O) groups excluding carboxylic acids is 2. The Bertz CT molecular complexity index is 1130. The van der Waals surface area contributed by atoms with Crippen LogP contribution in [-0.4, -0.2) is 27.7 Å². The first-order valence-corrected chi connectivity index (χ1v) is 10.2. The van der Waals surface area contributed by atoms with Gasteiger partial charge in [0.05, 0.1) is 23.6 Å². The summed E-state index contributed by atoms with van der Waals surface area (Å²) in [5.74, 6) is 0.716. The monoisotopic (exact) mass is 415 g/mol. The van der Waals surface area contributed by atoms with Crippen LogP contribution in [0, 0.1) is 0 Å². The highest BCUT2D eigenvalue weighted by molar-refractivity contribution is 5.95. The van der Waals surface area contributed by atoms with Gasteiger partial charge in [-0.25, -0.2) is 4.98 Å². The van der Waals surface area contributed by atoms with Crippen molar-refractivity contribution in [1.82, 2.24) is 9.97 Å². The number of anilines is 3. The standard InChI is InChI=1S/C24H25N5O2/c1-14-10-22(28-24-9-6-19(25)13-27-24)20-11-17(5-8-23(20)29(14)16(3)31)21-7-4-18(12-26-21)15(2)30/h4-9,11-14,22H,10,25H2,1-3H3,(H,27,28)/t14-,22+/m0/s1. The number of nitrogen functional groups attached to an aromatic ring is 1. The van der Waals surface area contributed by atoms with E-state index in [0.717, 1.165) is 34.7 Å². The van der Waals surface area contributed by atoms with E-state index in [0.29, 0.717) is 11.3 Å². The van der Waals surface area contributed by atoms with Crippen LogP contribution >= 0.6 is 0 Å². The van der Waals surface area contributed by atoms with Crippen molar-refractivity contribution in [1.29, 1.82) is 0 Å². The summed E-state index contributed by atoms with van der Waals surface area (Å²) in [4.78, 5) is 34.6. The third-order valence-electron chi connectivity index (χ3n) is 5.59. The van der Waals surface area contributed by atoms with Gasteiger partial charge in [-0.1, -0.05) is 6.07 Å². The Balaban J connectivity index is 1.75. The number of fused-ring (bicyclic) bond motifs is 1. The molecule has 0 spiro atoms. The molecule has 1 amide bonds. The highest BCUT2D eigenvalue weighted by atomic mass is 16.2. The van der Waals surface area contributed by atoms with Crippen molar-refractivity contribution in [2.45, 2.75) is 39.3 Å². The number of Topliss-reactive ketones (excluding diaryl/α,β-unsaturated/α-hetero) is 1. The third-order valence-corrected chi connectivity index (χ3v) is 5.59. The molecule has 3 heterocycles. The van der Waals surface area contributed by atoms with Gasteiger partial charge in [-0.3, -0.25) is 14.6 Å². The first-order valence-electron chi connectivity index (χ1n) is 10.2. The van der Waals surface area contributed by atoms with E-state index in [4.69, 9.17) is 5.73 Å². The lowest BCUT2D eigenvalue weighted by Gasteiger charge is -2.39. The Morgan fingerprint density at radius 2 is 1.87 bits per heavy atom. The van der Waals surface area contributed by atoms with E-state index < -0.39 is 0 Å². The van der Waals surface area contributed by atoms with Crippen molar-refractivity contribution < 1.29 is 9.59 Å². The summed E-state index contributed by atoms with van der Waals surface area (Å²) in [5.41, 5.74) is 10.5. The average Bonchev–Trinajstić information content (AvgIpc) is 2.75. The molecule has 158 valence electrons. The van der Waals surface area contributed by atoms with Crippen LogP contribution in [0.2, 0.25) is 0 Å². The summed E-state index contributed by atoms with van der Waals surface area (Å²) in [7, 11) is 0. The number of nitrogens with zero attached hydrogens (tertiary/aromatic N) is 3. The maximum absolute atomic E-state index is 12.4. The number of benzene rings is 1. The van der Waals surface area contributed by atoms with Gasteiger partial charge in [0.2, 0.25) is 5.91 Å². The Morgan fingerprint density at radius 3 is 2.48 bits per heavy atom. The Hall–Kier alpha value is -3.74. The fourth-order valence-electron chi connectivity index (χ4n) is 4.08. The SMILES string of the molecule is CC(=O)c1ccc(-c2ccc3c(c2)[C@H](Nc2ccc(N)cn2)C[C@H](C)N3C(C)=O)nc1. The molecule has 0 saturated carbocycles. The van der Waals surface area contributed by atoms with Crippen LogP contribution in [0.15, 0.2) is 54.9 Å². The van der Waals surface area contributed by atoms with Gasteiger partial charge in [0.1, 0.15) is 5.82 Å². The van der Waals surface area contributed by atoms with Crippen LogP contribution in [0.1, 0.15) is 49.2 Å². The number of ketones is 1. The van der Waals surface area contributed by atoms with E-state index in [-0.39, 0.29) is 23.8 Å². The van der Waals surface area contributed by atoms with Gasteiger partial charge in [0.15, 0.2) is 5.78 Å². The molecule has 0 fully saturated rings. The first kappa shape index (κ1) is 20.5. The topological polar surface area (TPSA) is 101 Å². The van der Waals surface area contributed by atoms with Gasteiger partial charge >= 0.3 is 0 Å². The maximum atomic E-state index is 12.4. The number of nitrogens with two attached hydrogens (primary N) is 1. The highest BCUT2D eigenvalue weighted by Crippen LogP contribution is 2.40. The van der Waals surface area contributed by atoms with Crippen molar-refractivity contribution in [3.05, 3.63) is 66.0 Å². The van der Waals surface area contributed by atoms with Crippen molar-refractivity contribution >= 4 is 28.9 Å². The zero-order chi connectivity index (χ0) is 22.1. The second kappa shape index (κ2) is 8.18. The van der Waals surface area contributed by atoms with Crippen LogP contribution in [0.3, 0.4) is 0 Å². The molecule has 3 aromatic rings. The Kier molecular flexibility index (Phi) is 5.42. The summed E-state index contributed by atoms with van der Waals surface area (Å²) in [6.45, 7) is 5.16. The van der Waals surface area contributed by atoms with Crippen LogP contribution in [0.4, 0.5) is 17.2 Å². The Labute approximate surface area is 181 Å². The lowest BCUT2D eigenvalue weighted by atomic mass is 9.89. The molecule has 1 aromatic carbocycles. The fourth-order valence-corrected chi connectivity index (χ4v) is 4.08. The number of rotatable bonds is 4. The minimum atomic E-state index is -0.0341. The van der Waals surface area contributed by atoms with Crippen LogP contribution in [0.25, 0.3) is 11.3 Å². The van der Waals surface area contributed by atoms with Gasteiger partial charge in [0.25, 0.3) is 0 Å². The smallest absolute Gasteiger partial charge is 0.224 e. The number of nitrogens with one attached hydrogen (secondary N) is 1. The summed E-state index contributed by atoms with van der Waals surface area (Å²) in [6.07, 6.45) is 3.95. The molecule has 2 aromatic heterocycles. The first-order chi connectivity index (χ1) is 14.8. The molecular weight excluding hydrogens is 390 g/mol. The summed E-state index contributed by atoms with van der Waals surface area (Å²) < 4.78 is 0. The van der Waals surface area contributed by atoms with Crippen molar-refractivity contribution in [2.75, 3.05) is 16.0 Å². The van der Waals surface area contributed by atoms with Crippen molar-refractivity contribution in [3.63, 3.8) is 0 Å². The van der Waals surface area contributed by atoms with E-state index >= 15 is 0 Å². The maximum Gasteiger partial charge on any atom is 0.224 e. The van der Waals surface area contributed by atoms with Crippen LogP contribution < -0.4 is 16.0 Å². The molecule has 0 aliphatic carbocycles. The molecule has 31 heavy (non-hydrogen) atoms. The lowest BCUT2D eigenvalue weighted by molar-refractivity contribution is -0.117.